The zero-order valence-corrected chi connectivity index (χ0v) is 18.0. The number of aryl methyl sites for hydroxylation is 1. The standard InChI is InChI=1S/C25H23F2N5O/c26-18-4-2-17(3-5-18)24-20(21-16-19(27)6-8-22(21)30-24)7-9-23(33)31-12-14-32(15-13-31)25-28-10-1-11-29-25/h1-6,8,10-11,16,30H,7,9,12-15H2. The molecule has 6 nitrogen and oxygen atoms in total. The van der Waals surface area contributed by atoms with E-state index in [1.165, 1.54) is 24.3 Å². The first-order chi connectivity index (χ1) is 16.1. The Hall–Kier alpha value is -3.81. The molecule has 0 aliphatic carbocycles. The van der Waals surface area contributed by atoms with Crippen LogP contribution in [0.2, 0.25) is 0 Å². The molecule has 0 unspecified atom stereocenters. The maximum atomic E-state index is 14.0. The minimum atomic E-state index is -0.334. The zero-order chi connectivity index (χ0) is 22.8. The number of H-pyrrole nitrogens is 1. The van der Waals surface area contributed by atoms with E-state index in [1.807, 2.05) is 4.90 Å². The molecule has 0 spiro atoms. The number of piperazine rings is 1. The first kappa shape index (κ1) is 21.1. The highest BCUT2D eigenvalue weighted by atomic mass is 19.1. The minimum absolute atomic E-state index is 0.0550. The summed E-state index contributed by atoms with van der Waals surface area (Å²) in [5.41, 5.74) is 3.23. The molecule has 2 aromatic carbocycles. The topological polar surface area (TPSA) is 65.1 Å². The lowest BCUT2D eigenvalue weighted by atomic mass is 10.0. The number of halogens is 2. The highest BCUT2D eigenvalue weighted by molar-refractivity contribution is 5.91. The van der Waals surface area contributed by atoms with E-state index in [0.717, 1.165) is 27.7 Å². The summed E-state index contributed by atoms with van der Waals surface area (Å²) in [5, 5.41) is 0.744. The lowest BCUT2D eigenvalue weighted by Crippen LogP contribution is -2.49. The number of benzene rings is 2. The average Bonchev–Trinajstić information content (AvgIpc) is 3.21. The van der Waals surface area contributed by atoms with Gasteiger partial charge in [0.15, 0.2) is 0 Å². The fourth-order valence-corrected chi connectivity index (χ4v) is 4.34. The molecule has 1 saturated heterocycles. The second-order valence-corrected chi connectivity index (χ2v) is 8.09. The van der Waals surface area contributed by atoms with E-state index < -0.39 is 0 Å². The SMILES string of the molecule is O=C(CCc1c(-c2ccc(F)cc2)[nH]c2ccc(F)cc12)N1CCN(c2ncccn2)CC1. The summed E-state index contributed by atoms with van der Waals surface area (Å²) in [6.07, 6.45) is 4.18. The third-order valence-electron chi connectivity index (χ3n) is 6.06. The van der Waals surface area contributed by atoms with Crippen LogP contribution in [0.5, 0.6) is 0 Å². The number of amides is 1. The highest BCUT2D eigenvalue weighted by Crippen LogP contribution is 2.32. The first-order valence-corrected chi connectivity index (χ1v) is 10.9. The Bertz CT molecular complexity index is 1270. The molecule has 8 heteroatoms. The maximum absolute atomic E-state index is 14.0. The van der Waals surface area contributed by atoms with Gasteiger partial charge in [-0.15, -0.1) is 0 Å². The number of aromatic nitrogens is 3. The lowest BCUT2D eigenvalue weighted by molar-refractivity contribution is -0.131. The summed E-state index contributed by atoms with van der Waals surface area (Å²) in [5.74, 6) is 0.0745. The van der Waals surface area contributed by atoms with Crippen LogP contribution in [0.4, 0.5) is 14.7 Å². The number of hydrogen-bond donors (Lipinski definition) is 1. The van der Waals surface area contributed by atoms with Crippen LogP contribution in [-0.4, -0.2) is 51.9 Å². The van der Waals surface area contributed by atoms with Crippen LogP contribution < -0.4 is 4.90 Å². The van der Waals surface area contributed by atoms with Crippen LogP contribution >= 0.6 is 0 Å². The van der Waals surface area contributed by atoms with Crippen molar-refractivity contribution in [2.24, 2.45) is 0 Å². The molecule has 5 rings (SSSR count). The molecule has 1 amide bonds. The molecule has 0 bridgehead atoms. The van der Waals surface area contributed by atoms with Gasteiger partial charge < -0.3 is 14.8 Å². The van der Waals surface area contributed by atoms with Gasteiger partial charge in [0.05, 0.1) is 0 Å². The van der Waals surface area contributed by atoms with E-state index in [-0.39, 0.29) is 17.5 Å². The van der Waals surface area contributed by atoms with Gasteiger partial charge in [-0.25, -0.2) is 18.7 Å². The third-order valence-corrected chi connectivity index (χ3v) is 6.06. The van der Waals surface area contributed by atoms with Crippen molar-refractivity contribution in [1.82, 2.24) is 19.9 Å². The fraction of sp³-hybridized carbons (Fsp3) is 0.240. The third kappa shape index (κ3) is 4.41. The predicted molar refractivity (Wildman–Crippen MR) is 123 cm³/mol. The number of carbonyl (C=O) groups is 1. The summed E-state index contributed by atoms with van der Waals surface area (Å²) < 4.78 is 27.4. The number of hydrogen-bond acceptors (Lipinski definition) is 4. The van der Waals surface area contributed by atoms with E-state index >= 15 is 0 Å². The lowest BCUT2D eigenvalue weighted by Gasteiger charge is -2.34. The van der Waals surface area contributed by atoms with Gasteiger partial charge in [0.2, 0.25) is 11.9 Å². The number of rotatable bonds is 5. The van der Waals surface area contributed by atoms with Crippen molar-refractivity contribution in [3.05, 3.63) is 78.1 Å². The van der Waals surface area contributed by atoms with Gasteiger partial charge >= 0.3 is 0 Å². The number of aromatic amines is 1. The monoisotopic (exact) mass is 447 g/mol. The van der Waals surface area contributed by atoms with Crippen molar-refractivity contribution < 1.29 is 13.6 Å². The van der Waals surface area contributed by atoms with Gasteiger partial charge in [0.1, 0.15) is 11.6 Å². The van der Waals surface area contributed by atoms with Crippen molar-refractivity contribution in [1.29, 1.82) is 0 Å². The van der Waals surface area contributed by atoms with Crippen molar-refractivity contribution in [3.8, 4) is 11.3 Å². The molecule has 4 aromatic rings. The van der Waals surface area contributed by atoms with E-state index in [1.54, 1.807) is 36.7 Å². The molecule has 1 aliphatic heterocycles. The quantitative estimate of drug-likeness (QED) is 0.498. The van der Waals surface area contributed by atoms with Gasteiger partial charge in [0.25, 0.3) is 0 Å². The molecular weight excluding hydrogens is 424 g/mol. The van der Waals surface area contributed by atoms with Crippen molar-refractivity contribution in [3.63, 3.8) is 0 Å². The van der Waals surface area contributed by atoms with Crippen LogP contribution in [-0.2, 0) is 11.2 Å². The van der Waals surface area contributed by atoms with Crippen LogP contribution in [0.15, 0.2) is 60.9 Å². The van der Waals surface area contributed by atoms with Crippen molar-refractivity contribution in [2.75, 3.05) is 31.1 Å². The van der Waals surface area contributed by atoms with Crippen LogP contribution in [0.3, 0.4) is 0 Å². The predicted octanol–water partition coefficient (Wildman–Crippen LogP) is 4.18. The minimum Gasteiger partial charge on any atom is -0.354 e. The Labute approximate surface area is 189 Å². The van der Waals surface area contributed by atoms with Gasteiger partial charge in [-0.3, -0.25) is 4.79 Å². The summed E-state index contributed by atoms with van der Waals surface area (Å²) in [7, 11) is 0. The van der Waals surface area contributed by atoms with Gasteiger partial charge in [-0.2, -0.15) is 0 Å². The van der Waals surface area contributed by atoms with Crippen LogP contribution in [0, 0.1) is 11.6 Å². The molecule has 1 aliphatic rings. The smallest absolute Gasteiger partial charge is 0.225 e. The Kier molecular flexibility index (Phi) is 5.73. The number of nitrogens with zero attached hydrogens (tertiary/aromatic N) is 4. The Morgan fingerprint density at radius 3 is 2.36 bits per heavy atom. The molecule has 33 heavy (non-hydrogen) atoms. The van der Waals surface area contributed by atoms with Crippen molar-refractivity contribution >= 4 is 22.8 Å². The van der Waals surface area contributed by atoms with Crippen molar-refractivity contribution in [2.45, 2.75) is 12.8 Å². The number of nitrogens with one attached hydrogen (secondary N) is 1. The molecule has 168 valence electrons. The zero-order valence-electron chi connectivity index (χ0n) is 18.0. The van der Waals surface area contributed by atoms with E-state index in [0.29, 0.717) is 45.0 Å². The van der Waals surface area contributed by atoms with E-state index in [2.05, 4.69) is 19.9 Å². The second-order valence-electron chi connectivity index (χ2n) is 8.09. The average molecular weight is 447 g/mol. The van der Waals surface area contributed by atoms with Gasteiger partial charge in [-0.05, 0) is 66.1 Å². The van der Waals surface area contributed by atoms with Crippen LogP contribution in [0.25, 0.3) is 22.2 Å². The van der Waals surface area contributed by atoms with Gasteiger partial charge in [-0.1, -0.05) is 0 Å². The molecule has 0 atom stereocenters. The highest BCUT2D eigenvalue weighted by Gasteiger charge is 2.23. The summed E-state index contributed by atoms with van der Waals surface area (Å²) >= 11 is 0. The largest absolute Gasteiger partial charge is 0.354 e. The summed E-state index contributed by atoms with van der Waals surface area (Å²) in [4.78, 5) is 28.8. The van der Waals surface area contributed by atoms with E-state index in [4.69, 9.17) is 0 Å². The van der Waals surface area contributed by atoms with Crippen LogP contribution in [0.1, 0.15) is 12.0 Å². The number of fused-ring (bicyclic) bond motifs is 1. The summed E-state index contributed by atoms with van der Waals surface area (Å²) in [6, 6.07) is 12.5. The number of anilines is 1. The van der Waals surface area contributed by atoms with E-state index in [9.17, 15) is 13.6 Å². The molecule has 1 fully saturated rings. The second kappa shape index (κ2) is 8.97. The maximum Gasteiger partial charge on any atom is 0.225 e. The number of carbonyl (C=O) groups excluding carboxylic acids is 1. The normalized spacial score (nSPS) is 14.1. The Morgan fingerprint density at radius 2 is 1.64 bits per heavy atom. The molecule has 2 aromatic heterocycles. The summed E-state index contributed by atoms with van der Waals surface area (Å²) in [6.45, 7) is 2.55. The first-order valence-electron chi connectivity index (χ1n) is 10.9. The fourth-order valence-electron chi connectivity index (χ4n) is 4.34. The molecule has 3 heterocycles. The van der Waals surface area contributed by atoms with Gasteiger partial charge in [0, 0.05) is 61.6 Å². The molecule has 0 saturated carbocycles. The molecular formula is C25H23F2N5O. The molecule has 1 N–H and O–H groups in total. The molecule has 0 radical (unpaired) electrons. The Balaban J connectivity index is 1.32. The Morgan fingerprint density at radius 1 is 0.939 bits per heavy atom.